The van der Waals surface area contributed by atoms with Crippen molar-refractivity contribution in [3.63, 3.8) is 0 Å². The van der Waals surface area contributed by atoms with Crippen LogP contribution in [0.4, 0.5) is 5.69 Å². The molecule has 3 nitrogen and oxygen atoms in total. The fourth-order valence-electron chi connectivity index (χ4n) is 1.81. The summed E-state index contributed by atoms with van der Waals surface area (Å²) in [6.07, 6.45) is 0. The van der Waals surface area contributed by atoms with E-state index in [1.807, 2.05) is 61.6 Å². The van der Waals surface area contributed by atoms with E-state index in [-0.39, 0.29) is 5.97 Å². The number of thiophene rings is 1. The molecule has 0 spiro atoms. The van der Waals surface area contributed by atoms with Crippen molar-refractivity contribution < 1.29 is 9.53 Å². The average Bonchev–Trinajstić information content (AvgIpc) is 2.88. The maximum Gasteiger partial charge on any atom is 0.339 e. The van der Waals surface area contributed by atoms with Crippen molar-refractivity contribution in [3.05, 3.63) is 41.3 Å². The number of carbonyl (C=O) groups excluding carboxylic acids is 1. The molecule has 0 aliphatic carbocycles. The van der Waals surface area contributed by atoms with E-state index >= 15 is 0 Å². The van der Waals surface area contributed by atoms with Gasteiger partial charge in [-0.3, -0.25) is 0 Å². The highest BCUT2D eigenvalue weighted by atomic mass is 32.1. The maximum atomic E-state index is 11.9. The minimum atomic E-state index is -0.254. The number of anilines is 1. The van der Waals surface area contributed by atoms with Crippen LogP contribution in [0.1, 0.15) is 17.3 Å². The summed E-state index contributed by atoms with van der Waals surface area (Å²) in [6, 6.07) is 9.97. The van der Waals surface area contributed by atoms with Gasteiger partial charge in [-0.2, -0.15) is 0 Å². The van der Waals surface area contributed by atoms with Crippen LogP contribution in [0.15, 0.2) is 35.7 Å². The quantitative estimate of drug-likeness (QED) is 0.798. The van der Waals surface area contributed by atoms with Gasteiger partial charge in [0.2, 0.25) is 0 Å². The lowest BCUT2D eigenvalue weighted by Gasteiger charge is -2.12. The molecule has 0 saturated heterocycles. The fourth-order valence-corrected chi connectivity index (χ4v) is 2.70. The van der Waals surface area contributed by atoms with E-state index in [0.717, 1.165) is 16.1 Å². The fraction of sp³-hybridized carbons (Fsp3) is 0.267. The summed E-state index contributed by atoms with van der Waals surface area (Å²) in [4.78, 5) is 14.9. The van der Waals surface area contributed by atoms with Crippen molar-refractivity contribution in [1.29, 1.82) is 0 Å². The Balaban J connectivity index is 2.32. The lowest BCUT2D eigenvalue weighted by molar-refractivity contribution is 0.0528. The smallest absolute Gasteiger partial charge is 0.339 e. The zero-order valence-electron chi connectivity index (χ0n) is 11.3. The number of esters is 1. The summed E-state index contributed by atoms with van der Waals surface area (Å²) in [5.74, 6) is -0.254. The molecule has 4 heteroatoms. The molecule has 1 aromatic heterocycles. The third kappa shape index (κ3) is 2.96. The zero-order chi connectivity index (χ0) is 13.8. The number of carbonyl (C=O) groups is 1. The summed E-state index contributed by atoms with van der Waals surface area (Å²) in [6.45, 7) is 2.21. The van der Waals surface area contributed by atoms with Gasteiger partial charge < -0.3 is 9.64 Å². The molecule has 0 radical (unpaired) electrons. The Morgan fingerprint density at radius 3 is 2.47 bits per heavy atom. The molecule has 0 fully saturated rings. The van der Waals surface area contributed by atoms with E-state index in [1.54, 1.807) is 11.3 Å². The van der Waals surface area contributed by atoms with Crippen LogP contribution in [0.2, 0.25) is 0 Å². The molecule has 2 rings (SSSR count). The van der Waals surface area contributed by atoms with E-state index in [2.05, 4.69) is 0 Å². The molecule has 0 aliphatic heterocycles. The van der Waals surface area contributed by atoms with Crippen LogP contribution >= 0.6 is 11.3 Å². The van der Waals surface area contributed by atoms with Crippen molar-refractivity contribution in [1.82, 2.24) is 0 Å². The first-order valence-electron chi connectivity index (χ1n) is 6.16. The summed E-state index contributed by atoms with van der Waals surface area (Å²) < 4.78 is 5.07. The van der Waals surface area contributed by atoms with Crippen LogP contribution in [0.5, 0.6) is 0 Å². The third-order valence-electron chi connectivity index (χ3n) is 2.81. The lowest BCUT2D eigenvalue weighted by atomic mass is 10.1. The highest BCUT2D eigenvalue weighted by molar-refractivity contribution is 7.14. The van der Waals surface area contributed by atoms with Crippen molar-refractivity contribution in [2.24, 2.45) is 0 Å². The number of hydrogen-bond donors (Lipinski definition) is 0. The van der Waals surface area contributed by atoms with Crippen molar-refractivity contribution in [2.75, 3.05) is 25.6 Å². The Hall–Kier alpha value is -1.81. The second-order valence-electron chi connectivity index (χ2n) is 4.33. The van der Waals surface area contributed by atoms with Crippen LogP contribution < -0.4 is 4.90 Å². The topological polar surface area (TPSA) is 29.5 Å². The van der Waals surface area contributed by atoms with Crippen LogP contribution in [-0.4, -0.2) is 26.7 Å². The van der Waals surface area contributed by atoms with Gasteiger partial charge in [-0.15, -0.1) is 11.3 Å². The second-order valence-corrected chi connectivity index (χ2v) is 5.24. The lowest BCUT2D eigenvalue weighted by Crippen LogP contribution is -2.08. The second kappa shape index (κ2) is 5.89. The highest BCUT2D eigenvalue weighted by Gasteiger charge is 2.15. The molecule has 0 amide bonds. The molecule has 0 N–H and O–H groups in total. The van der Waals surface area contributed by atoms with Gasteiger partial charge in [0.25, 0.3) is 0 Å². The summed E-state index contributed by atoms with van der Waals surface area (Å²) in [5.41, 5.74) is 2.83. The van der Waals surface area contributed by atoms with Crippen LogP contribution in [-0.2, 0) is 4.74 Å². The van der Waals surface area contributed by atoms with Crippen molar-refractivity contribution >= 4 is 23.0 Å². The molecule has 0 saturated carbocycles. The predicted molar refractivity (Wildman–Crippen MR) is 80.0 cm³/mol. The first-order valence-corrected chi connectivity index (χ1v) is 7.03. The van der Waals surface area contributed by atoms with Crippen molar-refractivity contribution in [3.8, 4) is 10.4 Å². The summed E-state index contributed by atoms with van der Waals surface area (Å²) >= 11 is 1.56. The molecule has 0 unspecified atom stereocenters. The van der Waals surface area contributed by atoms with Gasteiger partial charge in [-0.05, 0) is 36.1 Å². The third-order valence-corrected chi connectivity index (χ3v) is 3.77. The number of rotatable bonds is 4. The molecule has 19 heavy (non-hydrogen) atoms. The van der Waals surface area contributed by atoms with Gasteiger partial charge in [0.05, 0.1) is 12.2 Å². The standard InChI is InChI=1S/C15H17NO2S/c1-4-18-15(17)13-9-10-19-14(13)11-5-7-12(8-6-11)16(2)3/h5-10H,4H2,1-3H3. The Kier molecular flexibility index (Phi) is 4.22. The Morgan fingerprint density at radius 2 is 1.89 bits per heavy atom. The van der Waals surface area contributed by atoms with E-state index < -0.39 is 0 Å². The molecular formula is C15H17NO2S. The first-order chi connectivity index (χ1) is 9.13. The van der Waals surface area contributed by atoms with E-state index in [4.69, 9.17) is 4.74 Å². The molecule has 0 bridgehead atoms. The van der Waals surface area contributed by atoms with Gasteiger partial charge in [0.15, 0.2) is 0 Å². The van der Waals surface area contributed by atoms with E-state index in [9.17, 15) is 4.79 Å². The molecular weight excluding hydrogens is 258 g/mol. The summed E-state index contributed by atoms with van der Waals surface area (Å²) in [5, 5.41) is 1.92. The van der Waals surface area contributed by atoms with Crippen LogP contribution in [0, 0.1) is 0 Å². The number of ether oxygens (including phenoxy) is 1. The minimum Gasteiger partial charge on any atom is -0.462 e. The summed E-state index contributed by atoms with van der Waals surface area (Å²) in [7, 11) is 4.01. The molecule has 1 aromatic carbocycles. The van der Waals surface area contributed by atoms with E-state index in [0.29, 0.717) is 12.2 Å². The van der Waals surface area contributed by atoms with Crippen molar-refractivity contribution in [2.45, 2.75) is 6.92 Å². The SMILES string of the molecule is CCOC(=O)c1ccsc1-c1ccc(N(C)C)cc1. The minimum absolute atomic E-state index is 0.254. The predicted octanol–water partition coefficient (Wildman–Crippen LogP) is 3.66. The van der Waals surface area contributed by atoms with Crippen LogP contribution in [0.3, 0.4) is 0 Å². The number of hydrogen-bond acceptors (Lipinski definition) is 4. The molecule has 1 heterocycles. The average molecular weight is 275 g/mol. The van der Waals surface area contributed by atoms with E-state index in [1.165, 1.54) is 0 Å². The Bertz CT molecular complexity index is 558. The monoisotopic (exact) mass is 275 g/mol. The maximum absolute atomic E-state index is 11.9. The molecule has 0 atom stereocenters. The number of benzene rings is 1. The Labute approximate surface area is 117 Å². The Morgan fingerprint density at radius 1 is 1.21 bits per heavy atom. The van der Waals surface area contributed by atoms with Gasteiger partial charge in [0, 0.05) is 24.7 Å². The van der Waals surface area contributed by atoms with Gasteiger partial charge >= 0.3 is 5.97 Å². The highest BCUT2D eigenvalue weighted by Crippen LogP contribution is 2.31. The van der Waals surface area contributed by atoms with Gasteiger partial charge in [-0.25, -0.2) is 4.79 Å². The zero-order valence-corrected chi connectivity index (χ0v) is 12.2. The number of nitrogens with zero attached hydrogens (tertiary/aromatic N) is 1. The molecule has 2 aromatic rings. The normalized spacial score (nSPS) is 10.3. The van der Waals surface area contributed by atoms with Gasteiger partial charge in [0.1, 0.15) is 0 Å². The van der Waals surface area contributed by atoms with Crippen LogP contribution in [0.25, 0.3) is 10.4 Å². The molecule has 100 valence electrons. The largest absolute Gasteiger partial charge is 0.462 e. The van der Waals surface area contributed by atoms with Gasteiger partial charge in [-0.1, -0.05) is 12.1 Å². The first kappa shape index (κ1) is 13.6. The molecule has 0 aliphatic rings.